The average molecular weight is 681 g/mol. The zero-order valence-corrected chi connectivity index (χ0v) is 26.8. The summed E-state index contributed by atoms with van der Waals surface area (Å²) in [6.45, 7) is 1.57. The first kappa shape index (κ1) is 32.9. The van der Waals surface area contributed by atoms with Crippen molar-refractivity contribution in [3.63, 3.8) is 0 Å². The Balaban J connectivity index is 1.79. The number of hydrogen-bond donors (Lipinski definition) is 1. The molecule has 1 N–H and O–H groups in total. The predicted octanol–water partition coefficient (Wildman–Crippen LogP) is 6.34. The van der Waals surface area contributed by atoms with Crippen molar-refractivity contribution >= 4 is 43.5 Å². The molecule has 0 heterocycles. The summed E-state index contributed by atoms with van der Waals surface area (Å²) < 4.78 is 44.6. The molecule has 2 amide bonds. The molecule has 4 rings (SSSR count). The first-order valence-electron chi connectivity index (χ1n) is 14.4. The summed E-state index contributed by atoms with van der Waals surface area (Å²) in [5.41, 5.74) is 1.27. The van der Waals surface area contributed by atoms with Gasteiger partial charge in [-0.2, -0.15) is 0 Å². The summed E-state index contributed by atoms with van der Waals surface area (Å²) in [7, 11) is -4.21. The molecular formula is C34H35BrFN3O4S. The zero-order chi connectivity index (χ0) is 31.5. The Morgan fingerprint density at radius 3 is 2.20 bits per heavy atom. The van der Waals surface area contributed by atoms with Crippen molar-refractivity contribution < 1.29 is 22.4 Å². The van der Waals surface area contributed by atoms with E-state index in [1.54, 1.807) is 60.7 Å². The zero-order valence-electron chi connectivity index (χ0n) is 24.4. The molecule has 0 saturated carbocycles. The average Bonchev–Trinajstić information content (AvgIpc) is 3.03. The van der Waals surface area contributed by atoms with Crippen LogP contribution in [-0.2, 0) is 32.6 Å². The van der Waals surface area contributed by atoms with Crippen LogP contribution >= 0.6 is 15.9 Å². The van der Waals surface area contributed by atoms with E-state index in [1.807, 2.05) is 37.3 Å². The van der Waals surface area contributed by atoms with Crippen molar-refractivity contribution in [1.82, 2.24) is 10.2 Å². The van der Waals surface area contributed by atoms with Gasteiger partial charge in [-0.15, -0.1) is 0 Å². The maximum Gasteiger partial charge on any atom is 0.264 e. The number of anilines is 1. The van der Waals surface area contributed by atoms with Crippen LogP contribution in [0.2, 0.25) is 0 Å². The monoisotopic (exact) mass is 679 g/mol. The minimum absolute atomic E-state index is 0.00609. The van der Waals surface area contributed by atoms with Gasteiger partial charge in [0.15, 0.2) is 0 Å². The first-order valence-corrected chi connectivity index (χ1v) is 16.6. The Hall–Kier alpha value is -4.02. The lowest BCUT2D eigenvalue weighted by molar-refractivity contribution is -0.140. The normalized spacial score (nSPS) is 11.9. The molecule has 0 aromatic heterocycles. The van der Waals surface area contributed by atoms with Gasteiger partial charge in [-0.25, -0.2) is 12.8 Å². The number of nitrogens with zero attached hydrogens (tertiary/aromatic N) is 2. The molecular weight excluding hydrogens is 645 g/mol. The number of hydrogen-bond acceptors (Lipinski definition) is 4. The van der Waals surface area contributed by atoms with Gasteiger partial charge in [-0.05, 0) is 48.4 Å². The van der Waals surface area contributed by atoms with Gasteiger partial charge >= 0.3 is 0 Å². The van der Waals surface area contributed by atoms with Gasteiger partial charge in [0.25, 0.3) is 10.0 Å². The molecule has 4 aromatic carbocycles. The van der Waals surface area contributed by atoms with Crippen molar-refractivity contribution in [3.05, 3.63) is 131 Å². The lowest BCUT2D eigenvalue weighted by Crippen LogP contribution is -2.53. The van der Waals surface area contributed by atoms with E-state index in [9.17, 15) is 22.4 Å². The van der Waals surface area contributed by atoms with Crippen LogP contribution in [-0.4, -0.2) is 44.3 Å². The van der Waals surface area contributed by atoms with Gasteiger partial charge in [-0.1, -0.05) is 102 Å². The van der Waals surface area contributed by atoms with Gasteiger partial charge < -0.3 is 10.2 Å². The first-order chi connectivity index (χ1) is 21.2. The smallest absolute Gasteiger partial charge is 0.264 e. The lowest BCUT2D eigenvalue weighted by atomic mass is 10.0. The van der Waals surface area contributed by atoms with Crippen LogP contribution in [0.1, 0.15) is 30.9 Å². The molecule has 0 saturated heterocycles. The Labute approximate surface area is 266 Å². The summed E-state index contributed by atoms with van der Waals surface area (Å²) in [5.74, 6) is -1.58. The second-order valence-electron chi connectivity index (χ2n) is 10.3. The SMILES string of the molecule is CCCCNC(=O)[C@H](Cc1ccccc1)N(Cc1ccccc1F)C(=O)CN(c1cccc(Br)c1)S(=O)(=O)c1ccccc1. The molecule has 44 heavy (non-hydrogen) atoms. The van der Waals surface area contributed by atoms with Crippen LogP contribution in [0.4, 0.5) is 10.1 Å². The van der Waals surface area contributed by atoms with E-state index in [-0.39, 0.29) is 29.1 Å². The van der Waals surface area contributed by atoms with Gasteiger partial charge in [0.1, 0.15) is 18.4 Å². The van der Waals surface area contributed by atoms with E-state index in [0.29, 0.717) is 11.0 Å². The molecule has 0 unspecified atom stereocenters. The highest BCUT2D eigenvalue weighted by molar-refractivity contribution is 9.10. The molecule has 0 aliphatic rings. The van der Waals surface area contributed by atoms with Crippen molar-refractivity contribution in [2.24, 2.45) is 0 Å². The number of sulfonamides is 1. The summed E-state index contributed by atoms with van der Waals surface area (Å²) in [4.78, 5) is 29.4. The molecule has 0 aliphatic heterocycles. The number of unbranched alkanes of at least 4 members (excludes halogenated alkanes) is 1. The van der Waals surface area contributed by atoms with Crippen LogP contribution in [0.5, 0.6) is 0 Å². The third-order valence-electron chi connectivity index (χ3n) is 7.11. The van der Waals surface area contributed by atoms with Crippen molar-refractivity contribution in [3.8, 4) is 0 Å². The topological polar surface area (TPSA) is 86.8 Å². The Bertz CT molecular complexity index is 1660. The predicted molar refractivity (Wildman–Crippen MR) is 174 cm³/mol. The number of benzene rings is 4. The number of nitrogens with one attached hydrogen (secondary N) is 1. The van der Waals surface area contributed by atoms with Crippen molar-refractivity contribution in [2.45, 2.75) is 43.7 Å². The number of amides is 2. The third kappa shape index (κ3) is 8.54. The van der Waals surface area contributed by atoms with Crippen LogP contribution in [0.25, 0.3) is 0 Å². The molecule has 10 heteroatoms. The standard InChI is InChI=1S/C34H35BrFN3O4S/c1-2-3-21-37-34(41)32(22-26-13-6-4-7-14-26)38(24-27-15-10-11-20-31(27)36)33(40)25-39(29-17-12-16-28(35)23-29)44(42,43)30-18-8-5-9-19-30/h4-20,23,32H,2-3,21-22,24-25H2,1H3,(H,37,41)/t32-/m0/s1. The van der Waals surface area contributed by atoms with Gasteiger partial charge in [0.2, 0.25) is 11.8 Å². The maximum absolute atomic E-state index is 15.0. The fourth-order valence-electron chi connectivity index (χ4n) is 4.75. The quantitative estimate of drug-likeness (QED) is 0.158. The van der Waals surface area contributed by atoms with Gasteiger partial charge in [0.05, 0.1) is 10.6 Å². The molecule has 0 spiro atoms. The van der Waals surface area contributed by atoms with Crippen molar-refractivity contribution in [2.75, 3.05) is 17.4 Å². The molecule has 7 nitrogen and oxygen atoms in total. The number of carbonyl (C=O) groups excluding carboxylic acids is 2. The molecule has 230 valence electrons. The van der Waals surface area contributed by atoms with Crippen LogP contribution < -0.4 is 9.62 Å². The molecule has 0 bridgehead atoms. The molecule has 4 aromatic rings. The second-order valence-corrected chi connectivity index (χ2v) is 13.0. The largest absolute Gasteiger partial charge is 0.354 e. The molecule has 0 fully saturated rings. The number of rotatable bonds is 14. The number of halogens is 2. The van der Waals surface area contributed by atoms with Gasteiger partial charge in [-0.3, -0.25) is 13.9 Å². The highest BCUT2D eigenvalue weighted by Gasteiger charge is 2.35. The van der Waals surface area contributed by atoms with Crippen LogP contribution in [0, 0.1) is 5.82 Å². The maximum atomic E-state index is 15.0. The van der Waals surface area contributed by atoms with E-state index < -0.39 is 40.2 Å². The summed E-state index contributed by atoms with van der Waals surface area (Å²) in [6.07, 6.45) is 1.76. The summed E-state index contributed by atoms with van der Waals surface area (Å²) >= 11 is 3.40. The fourth-order valence-corrected chi connectivity index (χ4v) is 6.56. The minimum atomic E-state index is -4.21. The van der Waals surface area contributed by atoms with E-state index in [0.717, 1.165) is 22.7 Å². The number of carbonyl (C=O) groups is 2. The summed E-state index contributed by atoms with van der Waals surface area (Å²) in [6, 6.07) is 28.7. The van der Waals surface area contributed by atoms with E-state index in [4.69, 9.17) is 0 Å². The van der Waals surface area contributed by atoms with Gasteiger partial charge in [0, 0.05) is 29.5 Å². The van der Waals surface area contributed by atoms with E-state index >= 15 is 0 Å². The van der Waals surface area contributed by atoms with Crippen LogP contribution in [0.3, 0.4) is 0 Å². The second kappa shape index (κ2) is 15.6. The molecule has 0 aliphatic carbocycles. The molecule has 0 radical (unpaired) electrons. The highest BCUT2D eigenvalue weighted by Crippen LogP contribution is 2.27. The Morgan fingerprint density at radius 1 is 0.886 bits per heavy atom. The molecule has 1 atom stereocenters. The van der Waals surface area contributed by atoms with E-state index in [2.05, 4.69) is 21.2 Å². The van der Waals surface area contributed by atoms with Crippen molar-refractivity contribution in [1.29, 1.82) is 0 Å². The third-order valence-corrected chi connectivity index (χ3v) is 9.39. The van der Waals surface area contributed by atoms with E-state index in [1.165, 1.54) is 23.1 Å². The highest BCUT2D eigenvalue weighted by atomic mass is 79.9. The Morgan fingerprint density at radius 2 is 1.55 bits per heavy atom. The van der Waals surface area contributed by atoms with Crippen LogP contribution in [0.15, 0.2) is 119 Å². The minimum Gasteiger partial charge on any atom is -0.354 e. The lowest BCUT2D eigenvalue weighted by Gasteiger charge is -2.34. The fraction of sp³-hybridized carbons (Fsp3) is 0.235. The Kier molecular flexibility index (Phi) is 11.7. The summed E-state index contributed by atoms with van der Waals surface area (Å²) in [5, 5.41) is 2.92.